The van der Waals surface area contributed by atoms with Crippen LogP contribution in [0.5, 0.6) is 0 Å². The number of aliphatic hydroxyl groups is 1. The van der Waals surface area contributed by atoms with Crippen molar-refractivity contribution in [2.75, 3.05) is 6.61 Å². The van der Waals surface area contributed by atoms with Crippen LogP contribution in [0.4, 0.5) is 0 Å². The van der Waals surface area contributed by atoms with Crippen molar-refractivity contribution in [3.63, 3.8) is 0 Å². The lowest BCUT2D eigenvalue weighted by Crippen LogP contribution is -2.02. The normalized spacial score (nSPS) is 13.2. The molecule has 0 amide bonds. The van der Waals surface area contributed by atoms with E-state index in [4.69, 9.17) is 9.63 Å². The Kier molecular flexibility index (Phi) is 3.55. The number of thioether (sulfide) groups is 1. The zero-order valence-corrected chi connectivity index (χ0v) is 7.97. The minimum atomic E-state index is 0.182. The van der Waals surface area contributed by atoms with Gasteiger partial charge in [-0.3, -0.25) is 0 Å². The third-order valence-corrected chi connectivity index (χ3v) is 2.47. The van der Waals surface area contributed by atoms with Gasteiger partial charge in [-0.15, -0.1) is 11.8 Å². The summed E-state index contributed by atoms with van der Waals surface area (Å²) in [5.41, 5.74) is 0. The maximum atomic E-state index is 8.73. The van der Waals surface area contributed by atoms with Crippen LogP contribution < -0.4 is 0 Å². The van der Waals surface area contributed by atoms with Crippen LogP contribution >= 0.6 is 11.8 Å². The molecule has 4 nitrogen and oxygen atoms in total. The molecule has 12 heavy (non-hydrogen) atoms. The number of hydrogen-bond acceptors (Lipinski definition) is 5. The van der Waals surface area contributed by atoms with Crippen molar-refractivity contribution in [2.45, 2.75) is 24.9 Å². The van der Waals surface area contributed by atoms with Crippen LogP contribution in [0.1, 0.15) is 18.6 Å². The van der Waals surface area contributed by atoms with Crippen molar-refractivity contribution in [2.24, 2.45) is 0 Å². The smallest absolute Gasteiger partial charge is 0.223 e. The Balaban J connectivity index is 2.33. The summed E-state index contributed by atoms with van der Waals surface area (Å²) < 4.78 is 4.79. The summed E-state index contributed by atoms with van der Waals surface area (Å²) in [5.74, 6) is 1.97. The molecule has 0 radical (unpaired) electrons. The first-order chi connectivity index (χ1) is 5.72. The topological polar surface area (TPSA) is 59.2 Å². The molecule has 0 spiro atoms. The molecule has 0 bridgehead atoms. The molecule has 1 heterocycles. The molecule has 0 aliphatic heterocycles. The van der Waals surface area contributed by atoms with Crippen LogP contribution in [-0.4, -0.2) is 27.1 Å². The summed E-state index contributed by atoms with van der Waals surface area (Å²) in [6.45, 7) is 3.90. The van der Waals surface area contributed by atoms with Crippen molar-refractivity contribution < 1.29 is 9.63 Å². The first kappa shape index (κ1) is 9.54. The largest absolute Gasteiger partial charge is 0.395 e. The molecule has 0 aliphatic carbocycles. The number of aromatic nitrogens is 2. The fraction of sp³-hybridized carbons (Fsp3) is 0.714. The Bertz CT molecular complexity index is 239. The number of aryl methyl sites for hydroxylation is 1. The van der Waals surface area contributed by atoms with Crippen LogP contribution in [0.3, 0.4) is 0 Å². The Morgan fingerprint density at radius 1 is 1.67 bits per heavy atom. The molecule has 1 N–H and O–H groups in total. The second-order valence-electron chi connectivity index (χ2n) is 2.53. The number of hydrogen-bond donors (Lipinski definition) is 1. The standard InChI is InChI=1S/C7H12N2O2S/c1-5(3-10)12-4-7-8-6(2)11-9-7/h5,10H,3-4H2,1-2H3. The Hall–Kier alpha value is -0.550. The van der Waals surface area contributed by atoms with E-state index in [1.54, 1.807) is 18.7 Å². The van der Waals surface area contributed by atoms with Gasteiger partial charge in [0.15, 0.2) is 5.82 Å². The minimum absolute atomic E-state index is 0.182. The van der Waals surface area contributed by atoms with E-state index in [1.165, 1.54) is 0 Å². The van der Waals surface area contributed by atoms with E-state index in [0.29, 0.717) is 17.5 Å². The van der Waals surface area contributed by atoms with Crippen molar-refractivity contribution in [3.05, 3.63) is 11.7 Å². The Morgan fingerprint density at radius 3 is 2.92 bits per heavy atom. The molecule has 5 heteroatoms. The molecule has 0 aliphatic rings. The molecule has 0 fully saturated rings. The third-order valence-electron chi connectivity index (χ3n) is 1.32. The van der Waals surface area contributed by atoms with E-state index in [2.05, 4.69) is 10.1 Å². The summed E-state index contributed by atoms with van der Waals surface area (Å²) in [7, 11) is 0. The second kappa shape index (κ2) is 4.47. The molecular weight excluding hydrogens is 176 g/mol. The summed E-state index contributed by atoms with van der Waals surface area (Å²) in [6, 6.07) is 0. The predicted molar refractivity (Wildman–Crippen MR) is 46.9 cm³/mol. The fourth-order valence-electron chi connectivity index (χ4n) is 0.669. The van der Waals surface area contributed by atoms with E-state index in [-0.39, 0.29) is 11.9 Å². The van der Waals surface area contributed by atoms with E-state index in [9.17, 15) is 0 Å². The maximum absolute atomic E-state index is 8.73. The summed E-state index contributed by atoms with van der Waals surface area (Å²) in [4.78, 5) is 4.04. The minimum Gasteiger partial charge on any atom is -0.395 e. The molecule has 1 aromatic rings. The molecule has 1 atom stereocenters. The van der Waals surface area contributed by atoms with Gasteiger partial charge in [0.1, 0.15) is 0 Å². The highest BCUT2D eigenvalue weighted by Crippen LogP contribution is 2.14. The Labute approximate surface area is 75.4 Å². The van der Waals surface area contributed by atoms with E-state index in [0.717, 1.165) is 0 Å². The van der Waals surface area contributed by atoms with Gasteiger partial charge in [0.25, 0.3) is 0 Å². The van der Waals surface area contributed by atoms with Gasteiger partial charge >= 0.3 is 0 Å². The van der Waals surface area contributed by atoms with E-state index < -0.39 is 0 Å². The Morgan fingerprint density at radius 2 is 2.42 bits per heavy atom. The summed E-state index contributed by atoms with van der Waals surface area (Å²) >= 11 is 1.61. The van der Waals surface area contributed by atoms with Gasteiger partial charge in [-0.1, -0.05) is 12.1 Å². The number of rotatable bonds is 4. The first-order valence-corrected chi connectivity index (χ1v) is 4.79. The highest BCUT2D eigenvalue weighted by Gasteiger charge is 2.05. The predicted octanol–water partition coefficient (Wildman–Crippen LogP) is 0.992. The van der Waals surface area contributed by atoms with Gasteiger partial charge in [0.2, 0.25) is 5.89 Å². The van der Waals surface area contributed by atoms with Gasteiger partial charge in [-0.25, -0.2) is 0 Å². The van der Waals surface area contributed by atoms with Crippen LogP contribution in [-0.2, 0) is 5.75 Å². The van der Waals surface area contributed by atoms with Crippen LogP contribution in [0, 0.1) is 6.92 Å². The lowest BCUT2D eigenvalue weighted by Gasteiger charge is -2.03. The number of nitrogens with zero attached hydrogens (tertiary/aromatic N) is 2. The molecule has 1 unspecified atom stereocenters. The SMILES string of the molecule is Cc1nc(CSC(C)CO)no1. The van der Waals surface area contributed by atoms with Crippen LogP contribution in [0.15, 0.2) is 4.52 Å². The zero-order valence-electron chi connectivity index (χ0n) is 7.15. The molecular formula is C7H12N2O2S. The van der Waals surface area contributed by atoms with Crippen molar-refractivity contribution in [1.29, 1.82) is 0 Å². The fourth-order valence-corrected chi connectivity index (χ4v) is 1.33. The highest BCUT2D eigenvalue weighted by molar-refractivity contribution is 7.99. The maximum Gasteiger partial charge on any atom is 0.223 e. The lowest BCUT2D eigenvalue weighted by atomic mass is 10.5. The van der Waals surface area contributed by atoms with Gasteiger partial charge in [-0.05, 0) is 0 Å². The molecule has 0 aromatic carbocycles. The van der Waals surface area contributed by atoms with Gasteiger partial charge < -0.3 is 9.63 Å². The van der Waals surface area contributed by atoms with Crippen molar-refractivity contribution in [1.82, 2.24) is 10.1 Å². The number of aliphatic hydroxyl groups excluding tert-OH is 1. The summed E-state index contributed by atoms with van der Waals surface area (Å²) in [6.07, 6.45) is 0. The molecule has 0 saturated carbocycles. The first-order valence-electron chi connectivity index (χ1n) is 3.74. The highest BCUT2D eigenvalue weighted by atomic mass is 32.2. The molecule has 68 valence electrons. The van der Waals surface area contributed by atoms with Crippen molar-refractivity contribution in [3.8, 4) is 0 Å². The third kappa shape index (κ3) is 2.83. The zero-order chi connectivity index (χ0) is 8.97. The van der Waals surface area contributed by atoms with E-state index >= 15 is 0 Å². The average molecular weight is 188 g/mol. The second-order valence-corrected chi connectivity index (χ2v) is 3.96. The van der Waals surface area contributed by atoms with E-state index in [1.807, 2.05) is 6.92 Å². The van der Waals surface area contributed by atoms with Crippen LogP contribution in [0.25, 0.3) is 0 Å². The lowest BCUT2D eigenvalue weighted by molar-refractivity contribution is 0.300. The van der Waals surface area contributed by atoms with Crippen molar-refractivity contribution >= 4 is 11.8 Å². The quantitative estimate of drug-likeness (QED) is 0.763. The van der Waals surface area contributed by atoms with Crippen LogP contribution in [0.2, 0.25) is 0 Å². The summed E-state index contributed by atoms with van der Waals surface area (Å²) in [5, 5.41) is 12.7. The molecule has 1 rings (SSSR count). The van der Waals surface area contributed by atoms with Gasteiger partial charge in [-0.2, -0.15) is 4.98 Å². The molecule has 1 aromatic heterocycles. The van der Waals surface area contributed by atoms with Gasteiger partial charge in [0.05, 0.1) is 12.4 Å². The van der Waals surface area contributed by atoms with Gasteiger partial charge in [0, 0.05) is 12.2 Å². The average Bonchev–Trinajstić information content (AvgIpc) is 2.47. The molecule has 0 saturated heterocycles. The monoisotopic (exact) mass is 188 g/mol.